The molecule has 0 aromatic carbocycles. The van der Waals surface area contributed by atoms with Gasteiger partial charge in [0.25, 0.3) is 0 Å². The number of hydrogen-bond acceptors (Lipinski definition) is 6. The molecule has 0 bridgehead atoms. The molecule has 2 aromatic rings. The van der Waals surface area contributed by atoms with Gasteiger partial charge >= 0.3 is 5.97 Å². The van der Waals surface area contributed by atoms with Gasteiger partial charge in [-0.25, -0.2) is 14.1 Å². The summed E-state index contributed by atoms with van der Waals surface area (Å²) in [5.41, 5.74) is 0.355. The Morgan fingerprint density at radius 1 is 1.50 bits per heavy atom. The Hall–Kier alpha value is -2.16. The molecule has 0 spiro atoms. The Morgan fingerprint density at radius 2 is 2.28 bits per heavy atom. The average Bonchev–Trinajstić information content (AvgIpc) is 2.69. The fourth-order valence-corrected chi connectivity index (χ4v) is 1.76. The molecule has 0 radical (unpaired) electrons. The third-order valence-electron chi connectivity index (χ3n) is 1.95. The number of carbonyl (C=O) groups is 1. The van der Waals surface area contributed by atoms with Crippen molar-refractivity contribution in [2.75, 3.05) is 11.6 Å². The molecule has 0 amide bonds. The number of nitrogen functional groups attached to an aromatic ring is 1. The third kappa shape index (κ3) is 2.56. The second-order valence-corrected chi connectivity index (χ2v) is 4.16. The van der Waals surface area contributed by atoms with Gasteiger partial charge in [-0.05, 0) is 12.1 Å². The minimum Gasteiger partial charge on any atom is -0.481 e. The lowest BCUT2D eigenvalue weighted by Gasteiger charge is -2.01. The van der Waals surface area contributed by atoms with E-state index in [4.69, 9.17) is 10.9 Å². The lowest BCUT2D eigenvalue weighted by atomic mass is 10.3. The number of rotatable bonds is 4. The lowest BCUT2D eigenvalue weighted by Crippen LogP contribution is -2.13. The van der Waals surface area contributed by atoms with Crippen LogP contribution in [0.25, 0.3) is 11.5 Å². The summed E-state index contributed by atoms with van der Waals surface area (Å²) in [6.45, 7) is 0. The zero-order valence-corrected chi connectivity index (χ0v) is 9.76. The van der Waals surface area contributed by atoms with Crippen molar-refractivity contribution in [2.24, 2.45) is 0 Å². The molecular formula is C9H8FN5O2S. The first-order valence-corrected chi connectivity index (χ1v) is 5.73. The van der Waals surface area contributed by atoms with Crippen molar-refractivity contribution in [3.63, 3.8) is 0 Å². The Labute approximate surface area is 105 Å². The second-order valence-electron chi connectivity index (χ2n) is 3.22. The molecule has 0 saturated carbocycles. The van der Waals surface area contributed by atoms with Crippen LogP contribution in [-0.4, -0.2) is 36.7 Å². The molecule has 0 fully saturated rings. The van der Waals surface area contributed by atoms with Crippen LogP contribution in [0.4, 0.5) is 4.39 Å². The molecular weight excluding hydrogens is 261 g/mol. The van der Waals surface area contributed by atoms with Gasteiger partial charge in [-0.2, -0.15) is 0 Å². The van der Waals surface area contributed by atoms with Gasteiger partial charge in [0.2, 0.25) is 11.0 Å². The highest BCUT2D eigenvalue weighted by Crippen LogP contribution is 2.19. The van der Waals surface area contributed by atoms with Gasteiger partial charge in [0.1, 0.15) is 11.5 Å². The first-order valence-electron chi connectivity index (χ1n) is 4.75. The number of nitrogens with zero attached hydrogens (tertiary/aromatic N) is 4. The molecule has 0 saturated heterocycles. The zero-order valence-electron chi connectivity index (χ0n) is 8.95. The van der Waals surface area contributed by atoms with Crippen LogP contribution >= 0.6 is 11.8 Å². The normalized spacial score (nSPS) is 10.5. The number of aromatic nitrogens is 4. The number of thioether (sulfide) groups is 1. The maximum Gasteiger partial charge on any atom is 0.313 e. The summed E-state index contributed by atoms with van der Waals surface area (Å²) < 4.78 is 13.8. The Bertz CT molecular complexity index is 571. The summed E-state index contributed by atoms with van der Waals surface area (Å²) in [6, 6.07) is 2.63. The van der Waals surface area contributed by atoms with Crippen LogP contribution in [0.5, 0.6) is 0 Å². The summed E-state index contributed by atoms with van der Waals surface area (Å²) in [5.74, 6) is 4.32. The van der Waals surface area contributed by atoms with Crippen LogP contribution in [-0.2, 0) is 4.79 Å². The first-order chi connectivity index (χ1) is 8.58. The number of nitrogens with two attached hydrogens (primary N) is 1. The van der Waals surface area contributed by atoms with E-state index < -0.39 is 11.8 Å². The molecule has 2 rings (SSSR count). The fraction of sp³-hybridized carbons (Fsp3) is 0.111. The van der Waals surface area contributed by atoms with Crippen LogP contribution in [0.1, 0.15) is 0 Å². The van der Waals surface area contributed by atoms with E-state index in [-0.39, 0.29) is 16.7 Å². The highest BCUT2D eigenvalue weighted by Gasteiger charge is 2.14. The van der Waals surface area contributed by atoms with E-state index in [1.54, 1.807) is 0 Å². The van der Waals surface area contributed by atoms with Crippen molar-refractivity contribution in [3.05, 3.63) is 24.1 Å². The topological polar surface area (TPSA) is 107 Å². The number of pyridine rings is 1. The summed E-state index contributed by atoms with van der Waals surface area (Å²) >= 11 is 0.937. The lowest BCUT2D eigenvalue weighted by molar-refractivity contribution is -0.133. The SMILES string of the molecule is Nn1c(SCC(=O)O)nnc1-c1ccc(F)cn1. The minimum atomic E-state index is -0.982. The number of aliphatic carboxylic acids is 1. The number of hydrogen-bond donors (Lipinski definition) is 2. The Morgan fingerprint density at radius 3 is 2.89 bits per heavy atom. The molecule has 0 atom stereocenters. The van der Waals surface area contributed by atoms with Gasteiger partial charge in [-0.15, -0.1) is 10.2 Å². The van der Waals surface area contributed by atoms with E-state index in [0.29, 0.717) is 5.69 Å². The monoisotopic (exact) mass is 269 g/mol. The smallest absolute Gasteiger partial charge is 0.313 e. The molecule has 0 aliphatic heterocycles. The third-order valence-corrected chi connectivity index (χ3v) is 2.87. The van der Waals surface area contributed by atoms with Crippen LogP contribution in [0.3, 0.4) is 0 Å². The summed E-state index contributed by atoms with van der Waals surface area (Å²) in [5, 5.41) is 16.3. The predicted molar refractivity (Wildman–Crippen MR) is 61.7 cm³/mol. The van der Waals surface area contributed by atoms with Gasteiger partial charge in [0.15, 0.2) is 0 Å². The van der Waals surface area contributed by atoms with E-state index in [9.17, 15) is 9.18 Å². The van der Waals surface area contributed by atoms with Crippen molar-refractivity contribution in [2.45, 2.75) is 5.16 Å². The Balaban J connectivity index is 2.25. The van der Waals surface area contributed by atoms with Gasteiger partial charge in [-0.3, -0.25) is 4.79 Å². The number of halogens is 1. The molecule has 7 nitrogen and oxygen atoms in total. The average molecular weight is 269 g/mol. The second kappa shape index (κ2) is 5.00. The number of carboxylic acids is 1. The maximum absolute atomic E-state index is 12.7. The van der Waals surface area contributed by atoms with Crippen LogP contribution in [0, 0.1) is 5.82 Å². The minimum absolute atomic E-state index is 0.174. The zero-order chi connectivity index (χ0) is 13.1. The van der Waals surface area contributed by atoms with Gasteiger partial charge in [0, 0.05) is 0 Å². The highest BCUT2D eigenvalue weighted by atomic mass is 32.2. The van der Waals surface area contributed by atoms with Gasteiger partial charge < -0.3 is 10.9 Å². The quantitative estimate of drug-likeness (QED) is 0.610. The maximum atomic E-state index is 12.7. The molecule has 9 heteroatoms. The molecule has 18 heavy (non-hydrogen) atoms. The molecule has 2 aromatic heterocycles. The van der Waals surface area contributed by atoms with Crippen molar-refractivity contribution in [1.29, 1.82) is 0 Å². The molecule has 0 unspecified atom stereocenters. The largest absolute Gasteiger partial charge is 0.481 e. The summed E-state index contributed by atoms with van der Waals surface area (Å²) in [6.07, 6.45) is 1.04. The fourth-order valence-electron chi connectivity index (χ4n) is 1.18. The molecule has 94 valence electrons. The first kappa shape index (κ1) is 12.3. The van der Waals surface area contributed by atoms with E-state index in [1.807, 2.05) is 0 Å². The van der Waals surface area contributed by atoms with Crippen molar-refractivity contribution in [3.8, 4) is 11.5 Å². The molecule has 0 aliphatic carbocycles. The Kier molecular flexibility index (Phi) is 3.42. The van der Waals surface area contributed by atoms with Crippen molar-refractivity contribution in [1.82, 2.24) is 19.9 Å². The van der Waals surface area contributed by atoms with Crippen LogP contribution in [0.15, 0.2) is 23.5 Å². The molecule has 3 N–H and O–H groups in total. The van der Waals surface area contributed by atoms with E-state index in [2.05, 4.69) is 15.2 Å². The predicted octanol–water partition coefficient (Wildman–Crippen LogP) is 0.370. The van der Waals surface area contributed by atoms with Crippen LogP contribution in [0.2, 0.25) is 0 Å². The van der Waals surface area contributed by atoms with Gasteiger partial charge in [0.05, 0.1) is 11.9 Å². The molecule has 0 aliphatic rings. The van der Waals surface area contributed by atoms with E-state index in [0.717, 1.165) is 22.6 Å². The van der Waals surface area contributed by atoms with Crippen molar-refractivity contribution >= 4 is 17.7 Å². The van der Waals surface area contributed by atoms with Crippen molar-refractivity contribution < 1.29 is 14.3 Å². The summed E-state index contributed by atoms with van der Waals surface area (Å²) in [4.78, 5) is 14.2. The van der Waals surface area contributed by atoms with E-state index >= 15 is 0 Å². The highest BCUT2D eigenvalue weighted by molar-refractivity contribution is 7.99. The van der Waals surface area contributed by atoms with Gasteiger partial charge in [-0.1, -0.05) is 11.8 Å². The standard InChI is InChI=1S/C9H8FN5O2S/c10-5-1-2-6(12-3-5)8-13-14-9(15(8)11)18-4-7(16)17/h1-3H,4,11H2,(H,16,17). The number of carboxylic acid groups (broad SMARTS) is 1. The van der Waals surface area contributed by atoms with E-state index in [1.165, 1.54) is 12.1 Å². The molecule has 2 heterocycles. The summed E-state index contributed by atoms with van der Waals surface area (Å²) in [7, 11) is 0. The van der Waals surface area contributed by atoms with Crippen LogP contribution < -0.4 is 5.84 Å².